The molecule has 0 saturated carbocycles. The first-order valence-electron chi connectivity index (χ1n) is 6.99. The average Bonchev–Trinajstić information content (AvgIpc) is 2.80. The van der Waals surface area contributed by atoms with Crippen molar-refractivity contribution in [3.05, 3.63) is 59.7 Å². The highest BCUT2D eigenvalue weighted by Crippen LogP contribution is 2.43. The number of fused-ring (bicyclic) bond motifs is 1. The van der Waals surface area contributed by atoms with Gasteiger partial charge >= 0.3 is 0 Å². The van der Waals surface area contributed by atoms with Gasteiger partial charge in [0.25, 0.3) is 10.0 Å². The molecule has 2 aromatic rings. The number of benzene rings is 2. The summed E-state index contributed by atoms with van der Waals surface area (Å²) in [5, 5.41) is 9.19. The number of sulfonamides is 1. The summed E-state index contributed by atoms with van der Waals surface area (Å²) < 4.78 is 27.5. The standard InChI is InChI=1S/C17H16N2O2S/c1-17(2)12-19(15-9-5-4-8-14(15)17)22(20,21)16-10-6-3-7-13(16)11-18/h3-10H,12H2,1-2H3. The number of hydrogen-bond acceptors (Lipinski definition) is 3. The number of nitriles is 1. The summed E-state index contributed by atoms with van der Waals surface area (Å²) in [7, 11) is -3.76. The molecule has 3 rings (SSSR count). The number of para-hydroxylation sites is 1. The minimum atomic E-state index is -3.76. The zero-order chi connectivity index (χ0) is 16.0. The van der Waals surface area contributed by atoms with Gasteiger partial charge < -0.3 is 0 Å². The van der Waals surface area contributed by atoms with Gasteiger partial charge in [-0.15, -0.1) is 0 Å². The minimum Gasteiger partial charge on any atom is -0.265 e. The quantitative estimate of drug-likeness (QED) is 0.856. The SMILES string of the molecule is CC1(C)CN(S(=O)(=O)c2ccccc2C#N)c2ccccc21. The lowest BCUT2D eigenvalue weighted by Crippen LogP contribution is -2.34. The summed E-state index contributed by atoms with van der Waals surface area (Å²) in [4.78, 5) is 0.0602. The van der Waals surface area contributed by atoms with Crippen LogP contribution in [0.3, 0.4) is 0 Å². The van der Waals surface area contributed by atoms with E-state index in [0.29, 0.717) is 12.2 Å². The number of nitrogens with zero attached hydrogens (tertiary/aromatic N) is 2. The molecule has 0 unspecified atom stereocenters. The molecular formula is C17H16N2O2S. The molecule has 1 heterocycles. The van der Waals surface area contributed by atoms with E-state index >= 15 is 0 Å². The molecule has 2 aromatic carbocycles. The van der Waals surface area contributed by atoms with Crippen molar-refractivity contribution < 1.29 is 8.42 Å². The average molecular weight is 312 g/mol. The van der Waals surface area contributed by atoms with Crippen molar-refractivity contribution >= 4 is 15.7 Å². The van der Waals surface area contributed by atoms with E-state index in [0.717, 1.165) is 5.56 Å². The molecule has 1 aliphatic heterocycles. The van der Waals surface area contributed by atoms with Crippen molar-refractivity contribution in [2.45, 2.75) is 24.2 Å². The zero-order valence-electron chi connectivity index (χ0n) is 12.4. The third-order valence-electron chi connectivity index (χ3n) is 4.02. The molecule has 0 N–H and O–H groups in total. The van der Waals surface area contributed by atoms with Crippen LogP contribution >= 0.6 is 0 Å². The molecule has 0 saturated heterocycles. The molecular weight excluding hydrogens is 296 g/mol. The molecule has 0 spiro atoms. The summed E-state index contributed by atoms with van der Waals surface area (Å²) in [5.41, 5.74) is 1.61. The van der Waals surface area contributed by atoms with Crippen LogP contribution in [0, 0.1) is 11.3 Å². The highest BCUT2D eigenvalue weighted by atomic mass is 32.2. The Balaban J connectivity index is 2.19. The van der Waals surface area contributed by atoms with Crippen LogP contribution in [-0.2, 0) is 15.4 Å². The maximum absolute atomic E-state index is 13.0. The third-order valence-corrected chi connectivity index (χ3v) is 5.83. The van der Waals surface area contributed by atoms with Crippen molar-refractivity contribution in [3.8, 4) is 6.07 Å². The second-order valence-electron chi connectivity index (χ2n) is 6.02. The van der Waals surface area contributed by atoms with Gasteiger partial charge in [0.2, 0.25) is 0 Å². The van der Waals surface area contributed by atoms with Crippen molar-refractivity contribution in [1.82, 2.24) is 0 Å². The smallest absolute Gasteiger partial charge is 0.265 e. The van der Waals surface area contributed by atoms with Gasteiger partial charge in [-0.2, -0.15) is 5.26 Å². The summed E-state index contributed by atoms with van der Waals surface area (Å²) in [5.74, 6) is 0. The second kappa shape index (κ2) is 4.85. The van der Waals surface area contributed by atoms with Crippen LogP contribution in [-0.4, -0.2) is 15.0 Å². The highest BCUT2D eigenvalue weighted by Gasteiger charge is 2.41. The van der Waals surface area contributed by atoms with Crippen molar-refractivity contribution in [2.24, 2.45) is 0 Å². The Morgan fingerprint density at radius 1 is 1.09 bits per heavy atom. The molecule has 4 nitrogen and oxygen atoms in total. The predicted molar refractivity (Wildman–Crippen MR) is 85.2 cm³/mol. The van der Waals surface area contributed by atoms with Gasteiger partial charge in [-0.3, -0.25) is 4.31 Å². The van der Waals surface area contributed by atoms with Crippen LogP contribution in [0.25, 0.3) is 0 Å². The fourth-order valence-electron chi connectivity index (χ4n) is 2.91. The minimum absolute atomic E-state index is 0.0602. The Morgan fingerprint density at radius 3 is 2.45 bits per heavy atom. The van der Waals surface area contributed by atoms with E-state index in [9.17, 15) is 13.7 Å². The summed E-state index contributed by atoms with van der Waals surface area (Å²) >= 11 is 0. The van der Waals surface area contributed by atoms with Gasteiger partial charge in [0.05, 0.1) is 11.3 Å². The first-order chi connectivity index (χ1) is 10.4. The van der Waals surface area contributed by atoms with E-state index in [2.05, 4.69) is 0 Å². The van der Waals surface area contributed by atoms with Crippen molar-refractivity contribution in [3.63, 3.8) is 0 Å². The maximum Gasteiger partial charge on any atom is 0.265 e. The summed E-state index contributed by atoms with van der Waals surface area (Å²) in [6.45, 7) is 4.42. The first-order valence-corrected chi connectivity index (χ1v) is 8.43. The fourth-order valence-corrected chi connectivity index (χ4v) is 4.70. The Kier molecular flexibility index (Phi) is 3.22. The van der Waals surface area contributed by atoms with E-state index < -0.39 is 10.0 Å². The summed E-state index contributed by atoms with van der Waals surface area (Å²) in [6.07, 6.45) is 0. The highest BCUT2D eigenvalue weighted by molar-refractivity contribution is 7.93. The maximum atomic E-state index is 13.0. The van der Waals surface area contributed by atoms with Crippen LogP contribution in [0.15, 0.2) is 53.4 Å². The number of anilines is 1. The predicted octanol–water partition coefficient (Wildman–Crippen LogP) is 3.04. The van der Waals surface area contributed by atoms with Gasteiger partial charge in [-0.25, -0.2) is 8.42 Å². The molecule has 5 heteroatoms. The van der Waals surface area contributed by atoms with Gasteiger partial charge in [0, 0.05) is 12.0 Å². The van der Waals surface area contributed by atoms with E-state index in [1.807, 2.05) is 44.2 Å². The van der Waals surface area contributed by atoms with Gasteiger partial charge in [0.1, 0.15) is 11.0 Å². The van der Waals surface area contributed by atoms with E-state index in [1.165, 1.54) is 16.4 Å². The molecule has 0 atom stereocenters. The molecule has 0 amide bonds. The van der Waals surface area contributed by atoms with Crippen LogP contribution in [0.5, 0.6) is 0 Å². The largest absolute Gasteiger partial charge is 0.265 e. The molecule has 112 valence electrons. The van der Waals surface area contributed by atoms with Crippen LogP contribution < -0.4 is 4.31 Å². The van der Waals surface area contributed by atoms with E-state index in [1.54, 1.807) is 12.1 Å². The topological polar surface area (TPSA) is 61.2 Å². The molecule has 0 aliphatic carbocycles. The summed E-state index contributed by atoms with van der Waals surface area (Å²) in [6, 6.07) is 15.8. The first kappa shape index (κ1) is 14.6. The van der Waals surface area contributed by atoms with Crippen LogP contribution in [0.4, 0.5) is 5.69 Å². The van der Waals surface area contributed by atoms with Gasteiger partial charge in [-0.1, -0.05) is 44.2 Å². The molecule has 0 radical (unpaired) electrons. The van der Waals surface area contributed by atoms with Gasteiger partial charge in [-0.05, 0) is 23.8 Å². The molecule has 22 heavy (non-hydrogen) atoms. The lowest BCUT2D eigenvalue weighted by atomic mass is 9.87. The van der Waals surface area contributed by atoms with Crippen molar-refractivity contribution in [2.75, 3.05) is 10.8 Å². The monoisotopic (exact) mass is 312 g/mol. The fraction of sp³-hybridized carbons (Fsp3) is 0.235. The van der Waals surface area contributed by atoms with E-state index in [-0.39, 0.29) is 15.9 Å². The Labute approximate surface area is 130 Å². The zero-order valence-corrected chi connectivity index (χ0v) is 13.3. The molecule has 0 aromatic heterocycles. The van der Waals surface area contributed by atoms with Gasteiger partial charge in [0.15, 0.2) is 0 Å². The molecule has 1 aliphatic rings. The second-order valence-corrected chi connectivity index (χ2v) is 7.85. The Morgan fingerprint density at radius 2 is 1.73 bits per heavy atom. The van der Waals surface area contributed by atoms with Crippen LogP contribution in [0.2, 0.25) is 0 Å². The molecule has 0 fully saturated rings. The Hall–Kier alpha value is -2.32. The number of rotatable bonds is 2. The lowest BCUT2D eigenvalue weighted by molar-refractivity contribution is 0.554. The number of hydrogen-bond donors (Lipinski definition) is 0. The molecule has 0 bridgehead atoms. The Bertz CT molecular complexity index is 880. The third kappa shape index (κ3) is 2.08. The normalized spacial score (nSPS) is 16.1. The van der Waals surface area contributed by atoms with Crippen LogP contribution in [0.1, 0.15) is 25.0 Å². The lowest BCUT2D eigenvalue weighted by Gasteiger charge is -2.22. The van der Waals surface area contributed by atoms with E-state index in [4.69, 9.17) is 0 Å². The van der Waals surface area contributed by atoms with Crippen molar-refractivity contribution in [1.29, 1.82) is 5.26 Å².